The van der Waals surface area contributed by atoms with Crippen LogP contribution in [0.2, 0.25) is 0 Å². The zero-order valence-corrected chi connectivity index (χ0v) is 8.34. The molecule has 0 radical (unpaired) electrons. The van der Waals surface area contributed by atoms with Gasteiger partial charge in [0.1, 0.15) is 0 Å². The Kier molecular flexibility index (Phi) is 3.62. The first-order chi connectivity index (χ1) is 5.74. The topological polar surface area (TPSA) is 43.8 Å². The lowest BCUT2D eigenvalue weighted by molar-refractivity contribution is 0.648. The minimum atomic E-state index is 0.0960. The van der Waals surface area contributed by atoms with Crippen LogP contribution in [-0.2, 0) is 7.05 Å². The Labute approximate surface area is 77.3 Å². The smallest absolute Gasteiger partial charge is 0.0791 e. The molecule has 3 nitrogen and oxygen atoms in total. The Morgan fingerprint density at radius 2 is 2.50 bits per heavy atom. The summed E-state index contributed by atoms with van der Waals surface area (Å²) < 4.78 is 1.79. The van der Waals surface area contributed by atoms with E-state index < -0.39 is 0 Å². The molecular formula is C8H15N3S. The molecule has 1 aromatic rings. The van der Waals surface area contributed by atoms with Gasteiger partial charge in [-0.15, -0.1) is 0 Å². The van der Waals surface area contributed by atoms with E-state index in [1.54, 1.807) is 4.68 Å². The van der Waals surface area contributed by atoms with Crippen molar-refractivity contribution in [2.45, 2.75) is 12.5 Å². The highest BCUT2D eigenvalue weighted by atomic mass is 32.2. The third-order valence-electron chi connectivity index (χ3n) is 1.75. The summed E-state index contributed by atoms with van der Waals surface area (Å²) in [5.41, 5.74) is 6.90. The summed E-state index contributed by atoms with van der Waals surface area (Å²) in [6.07, 6.45) is 5.01. The summed E-state index contributed by atoms with van der Waals surface area (Å²) >= 11 is 1.82. The predicted octanol–water partition coefficient (Wildman–Crippen LogP) is 1.17. The summed E-state index contributed by atoms with van der Waals surface area (Å²) in [6, 6.07) is 2.07. The number of nitrogens with two attached hydrogens (primary N) is 1. The lowest BCUT2D eigenvalue weighted by atomic mass is 10.2. The Bertz CT molecular complexity index is 234. The molecule has 0 aliphatic heterocycles. The molecule has 12 heavy (non-hydrogen) atoms. The van der Waals surface area contributed by atoms with Crippen molar-refractivity contribution in [3.8, 4) is 0 Å². The fraction of sp³-hybridized carbons (Fsp3) is 0.625. The molecule has 0 bridgehead atoms. The van der Waals surface area contributed by atoms with Gasteiger partial charge in [0.15, 0.2) is 0 Å². The average molecular weight is 185 g/mol. The van der Waals surface area contributed by atoms with Gasteiger partial charge in [-0.1, -0.05) is 0 Å². The van der Waals surface area contributed by atoms with Gasteiger partial charge in [0.05, 0.1) is 5.69 Å². The molecule has 1 heterocycles. The average Bonchev–Trinajstić information content (AvgIpc) is 2.47. The molecule has 0 aliphatic carbocycles. The molecule has 0 saturated heterocycles. The van der Waals surface area contributed by atoms with Crippen LogP contribution < -0.4 is 5.73 Å². The quantitative estimate of drug-likeness (QED) is 0.766. The molecule has 4 heteroatoms. The number of hydrogen-bond donors (Lipinski definition) is 1. The summed E-state index contributed by atoms with van der Waals surface area (Å²) in [6.45, 7) is 0. The summed E-state index contributed by atoms with van der Waals surface area (Å²) in [4.78, 5) is 0. The van der Waals surface area contributed by atoms with Crippen molar-refractivity contribution in [2.24, 2.45) is 12.8 Å². The monoisotopic (exact) mass is 185 g/mol. The second-order valence-electron chi connectivity index (χ2n) is 2.80. The maximum atomic E-state index is 5.91. The Morgan fingerprint density at radius 1 is 1.75 bits per heavy atom. The number of nitrogens with zero attached hydrogens (tertiary/aromatic N) is 2. The summed E-state index contributed by atoms with van der Waals surface area (Å²) in [5.74, 6) is 1.09. The highest BCUT2D eigenvalue weighted by molar-refractivity contribution is 7.98. The summed E-state index contributed by atoms with van der Waals surface area (Å²) in [7, 11) is 1.91. The Morgan fingerprint density at radius 3 is 3.00 bits per heavy atom. The molecule has 1 rings (SSSR count). The van der Waals surface area contributed by atoms with Crippen LogP contribution in [0.5, 0.6) is 0 Å². The minimum Gasteiger partial charge on any atom is -0.323 e. The van der Waals surface area contributed by atoms with Gasteiger partial charge in [0, 0.05) is 19.3 Å². The van der Waals surface area contributed by atoms with Crippen LogP contribution in [0.4, 0.5) is 0 Å². The van der Waals surface area contributed by atoms with Gasteiger partial charge in [-0.3, -0.25) is 4.68 Å². The van der Waals surface area contributed by atoms with Crippen molar-refractivity contribution in [1.82, 2.24) is 9.78 Å². The van der Waals surface area contributed by atoms with Gasteiger partial charge in [-0.05, 0) is 24.5 Å². The fourth-order valence-electron chi connectivity index (χ4n) is 1.02. The van der Waals surface area contributed by atoms with E-state index in [2.05, 4.69) is 11.4 Å². The number of thioether (sulfide) groups is 1. The van der Waals surface area contributed by atoms with Crippen molar-refractivity contribution < 1.29 is 0 Å². The fourth-order valence-corrected chi connectivity index (χ4v) is 1.51. The lowest BCUT2D eigenvalue weighted by Crippen LogP contribution is -2.12. The first kappa shape index (κ1) is 9.61. The van der Waals surface area contributed by atoms with E-state index >= 15 is 0 Å². The van der Waals surface area contributed by atoms with Gasteiger partial charge in [0.2, 0.25) is 0 Å². The molecule has 0 fully saturated rings. The molecular weight excluding hydrogens is 170 g/mol. The number of rotatable bonds is 4. The second kappa shape index (κ2) is 4.52. The third-order valence-corrected chi connectivity index (χ3v) is 2.39. The zero-order valence-electron chi connectivity index (χ0n) is 7.53. The van der Waals surface area contributed by atoms with Crippen LogP contribution in [0.1, 0.15) is 18.2 Å². The standard InChI is InChI=1S/C8H15N3S/c1-11-5-3-8(10-11)7(9)4-6-12-2/h3,5,7H,4,6,9H2,1-2H3. The molecule has 0 aromatic carbocycles. The van der Waals surface area contributed by atoms with Gasteiger partial charge in [-0.2, -0.15) is 16.9 Å². The molecule has 0 saturated carbocycles. The van der Waals surface area contributed by atoms with Crippen molar-refractivity contribution >= 4 is 11.8 Å². The van der Waals surface area contributed by atoms with E-state index in [-0.39, 0.29) is 6.04 Å². The van der Waals surface area contributed by atoms with Crippen molar-refractivity contribution in [1.29, 1.82) is 0 Å². The van der Waals surface area contributed by atoms with E-state index in [0.717, 1.165) is 17.9 Å². The molecule has 1 unspecified atom stereocenters. The molecule has 1 atom stereocenters. The number of aromatic nitrogens is 2. The largest absolute Gasteiger partial charge is 0.323 e. The van der Waals surface area contributed by atoms with E-state index in [1.165, 1.54) is 0 Å². The first-order valence-corrected chi connectivity index (χ1v) is 5.37. The van der Waals surface area contributed by atoms with Gasteiger partial charge < -0.3 is 5.73 Å². The third kappa shape index (κ3) is 2.53. The lowest BCUT2D eigenvalue weighted by Gasteiger charge is -2.06. The highest BCUT2D eigenvalue weighted by Crippen LogP contribution is 2.12. The van der Waals surface area contributed by atoms with Crippen LogP contribution in [-0.4, -0.2) is 21.8 Å². The molecule has 0 spiro atoms. The molecule has 1 aromatic heterocycles. The van der Waals surface area contributed by atoms with Crippen LogP contribution in [0.25, 0.3) is 0 Å². The van der Waals surface area contributed by atoms with Gasteiger partial charge in [0.25, 0.3) is 0 Å². The van der Waals surface area contributed by atoms with Gasteiger partial charge in [-0.25, -0.2) is 0 Å². The van der Waals surface area contributed by atoms with Crippen molar-refractivity contribution in [2.75, 3.05) is 12.0 Å². The first-order valence-electron chi connectivity index (χ1n) is 3.98. The minimum absolute atomic E-state index is 0.0960. The van der Waals surface area contributed by atoms with E-state index in [4.69, 9.17) is 5.73 Å². The van der Waals surface area contributed by atoms with Crippen LogP contribution >= 0.6 is 11.8 Å². The maximum absolute atomic E-state index is 5.91. The SMILES string of the molecule is CSCCC(N)c1ccn(C)n1. The molecule has 2 N–H and O–H groups in total. The number of hydrogen-bond acceptors (Lipinski definition) is 3. The predicted molar refractivity (Wildman–Crippen MR) is 53.1 cm³/mol. The van der Waals surface area contributed by atoms with Crippen LogP contribution in [0.15, 0.2) is 12.3 Å². The zero-order chi connectivity index (χ0) is 8.97. The second-order valence-corrected chi connectivity index (χ2v) is 3.79. The van der Waals surface area contributed by atoms with Crippen molar-refractivity contribution in [3.05, 3.63) is 18.0 Å². The Hall–Kier alpha value is -0.480. The molecule has 0 amide bonds. The van der Waals surface area contributed by atoms with E-state index in [9.17, 15) is 0 Å². The van der Waals surface area contributed by atoms with Crippen LogP contribution in [0, 0.1) is 0 Å². The number of aryl methyl sites for hydroxylation is 1. The van der Waals surface area contributed by atoms with Gasteiger partial charge >= 0.3 is 0 Å². The highest BCUT2D eigenvalue weighted by Gasteiger charge is 2.07. The Balaban J connectivity index is 2.47. The molecule has 0 aliphatic rings. The van der Waals surface area contributed by atoms with Crippen LogP contribution in [0.3, 0.4) is 0 Å². The van der Waals surface area contributed by atoms with Crippen molar-refractivity contribution in [3.63, 3.8) is 0 Å². The molecule has 68 valence electrons. The summed E-state index contributed by atoms with van der Waals surface area (Å²) in [5, 5.41) is 4.25. The van der Waals surface area contributed by atoms with E-state index in [0.29, 0.717) is 0 Å². The normalized spacial score (nSPS) is 13.2. The van der Waals surface area contributed by atoms with E-state index in [1.807, 2.05) is 31.1 Å². The maximum Gasteiger partial charge on any atom is 0.0791 e.